The van der Waals surface area contributed by atoms with Gasteiger partial charge in [0.15, 0.2) is 0 Å². The van der Waals surface area contributed by atoms with E-state index in [4.69, 9.17) is 0 Å². The lowest BCUT2D eigenvalue weighted by Gasteiger charge is -2.44. The van der Waals surface area contributed by atoms with Gasteiger partial charge in [-0.3, -0.25) is 4.90 Å². The molecule has 2 nitrogen and oxygen atoms in total. The number of rotatable bonds is 4. The molecule has 0 bridgehead atoms. The molecule has 1 aliphatic carbocycles. The molecule has 0 spiro atoms. The molecule has 2 heteroatoms. The van der Waals surface area contributed by atoms with Crippen LogP contribution in [0, 0.1) is 11.3 Å². The van der Waals surface area contributed by atoms with Gasteiger partial charge in [0.25, 0.3) is 0 Å². The molecule has 3 unspecified atom stereocenters. The van der Waals surface area contributed by atoms with Crippen molar-refractivity contribution in [3.8, 4) is 0 Å². The lowest BCUT2D eigenvalue weighted by Crippen LogP contribution is -2.53. The minimum Gasteiger partial charge on any atom is -0.310 e. The SMILES string of the molecule is CC(C)(C)C1CCCCC1NC1CCCN(Cc2ccccc2)C1. The van der Waals surface area contributed by atoms with Gasteiger partial charge in [-0.05, 0) is 49.1 Å². The summed E-state index contributed by atoms with van der Waals surface area (Å²) in [4.78, 5) is 2.64. The molecular weight excluding hydrogens is 292 g/mol. The van der Waals surface area contributed by atoms with E-state index in [-0.39, 0.29) is 0 Å². The molecule has 1 heterocycles. The van der Waals surface area contributed by atoms with Crippen LogP contribution in [0.15, 0.2) is 30.3 Å². The highest BCUT2D eigenvalue weighted by Gasteiger charge is 2.35. The first-order valence-electron chi connectivity index (χ1n) is 10.0. The molecule has 0 aromatic heterocycles. The summed E-state index contributed by atoms with van der Waals surface area (Å²) in [5, 5.41) is 4.09. The molecule has 134 valence electrons. The second-order valence-corrected chi connectivity index (χ2v) is 9.09. The summed E-state index contributed by atoms with van der Waals surface area (Å²) >= 11 is 0. The third-order valence-corrected chi connectivity index (χ3v) is 6.08. The molecule has 1 aromatic carbocycles. The highest BCUT2D eigenvalue weighted by molar-refractivity contribution is 5.14. The van der Waals surface area contributed by atoms with Crippen LogP contribution in [0.5, 0.6) is 0 Å². The van der Waals surface area contributed by atoms with Crippen LogP contribution in [0.25, 0.3) is 0 Å². The summed E-state index contributed by atoms with van der Waals surface area (Å²) in [6, 6.07) is 12.3. The van der Waals surface area contributed by atoms with E-state index in [1.165, 1.54) is 57.2 Å². The number of piperidine rings is 1. The zero-order chi connectivity index (χ0) is 17.0. The molecule has 0 amide bonds. The highest BCUT2D eigenvalue weighted by atomic mass is 15.2. The van der Waals surface area contributed by atoms with Crippen molar-refractivity contribution in [2.45, 2.75) is 77.9 Å². The van der Waals surface area contributed by atoms with E-state index in [1.807, 2.05) is 0 Å². The van der Waals surface area contributed by atoms with Gasteiger partial charge in [0, 0.05) is 25.2 Å². The largest absolute Gasteiger partial charge is 0.310 e. The molecule has 3 rings (SSSR count). The standard InChI is InChI=1S/C22H36N2/c1-22(2,3)20-13-7-8-14-21(20)23-19-12-9-15-24(17-19)16-18-10-5-4-6-11-18/h4-6,10-11,19-21,23H,7-9,12-17H2,1-3H3. The summed E-state index contributed by atoms with van der Waals surface area (Å²) in [5.74, 6) is 0.829. The summed E-state index contributed by atoms with van der Waals surface area (Å²) in [6.45, 7) is 10.9. The van der Waals surface area contributed by atoms with Crippen LogP contribution in [0.2, 0.25) is 0 Å². The molecule has 1 saturated carbocycles. The second kappa shape index (κ2) is 8.01. The second-order valence-electron chi connectivity index (χ2n) is 9.09. The van der Waals surface area contributed by atoms with Gasteiger partial charge in [-0.15, -0.1) is 0 Å². The summed E-state index contributed by atoms with van der Waals surface area (Å²) in [6.07, 6.45) is 8.28. The van der Waals surface area contributed by atoms with E-state index in [0.29, 0.717) is 11.5 Å². The van der Waals surface area contributed by atoms with Crippen molar-refractivity contribution < 1.29 is 0 Å². The maximum absolute atomic E-state index is 4.09. The third kappa shape index (κ3) is 4.83. The van der Waals surface area contributed by atoms with Crippen LogP contribution in [0.4, 0.5) is 0 Å². The van der Waals surface area contributed by atoms with Crippen molar-refractivity contribution in [1.29, 1.82) is 0 Å². The van der Waals surface area contributed by atoms with Crippen molar-refractivity contribution in [2.75, 3.05) is 13.1 Å². The first kappa shape index (κ1) is 17.9. The number of hydrogen-bond acceptors (Lipinski definition) is 2. The number of likely N-dealkylation sites (tertiary alicyclic amines) is 1. The average molecular weight is 329 g/mol. The van der Waals surface area contributed by atoms with E-state index in [0.717, 1.165) is 18.5 Å². The van der Waals surface area contributed by atoms with Crippen LogP contribution in [-0.2, 0) is 6.54 Å². The Bertz CT molecular complexity index is 490. The van der Waals surface area contributed by atoms with Gasteiger partial charge < -0.3 is 5.32 Å². The quantitative estimate of drug-likeness (QED) is 0.850. The van der Waals surface area contributed by atoms with Crippen LogP contribution in [0.3, 0.4) is 0 Å². The van der Waals surface area contributed by atoms with Crippen molar-refractivity contribution in [2.24, 2.45) is 11.3 Å². The molecule has 24 heavy (non-hydrogen) atoms. The Morgan fingerprint density at radius 2 is 1.75 bits per heavy atom. The van der Waals surface area contributed by atoms with E-state index in [2.05, 4.69) is 61.3 Å². The molecule has 1 aliphatic heterocycles. The van der Waals surface area contributed by atoms with Crippen LogP contribution >= 0.6 is 0 Å². The Balaban J connectivity index is 1.56. The molecule has 3 atom stereocenters. The highest BCUT2D eigenvalue weighted by Crippen LogP contribution is 2.38. The van der Waals surface area contributed by atoms with Gasteiger partial charge >= 0.3 is 0 Å². The minimum absolute atomic E-state index is 0.427. The Morgan fingerprint density at radius 1 is 1.00 bits per heavy atom. The predicted octanol–water partition coefficient (Wildman–Crippen LogP) is 4.85. The van der Waals surface area contributed by atoms with E-state index in [9.17, 15) is 0 Å². The number of benzene rings is 1. The van der Waals surface area contributed by atoms with Crippen molar-refractivity contribution in [3.63, 3.8) is 0 Å². The van der Waals surface area contributed by atoms with Gasteiger partial charge in [0.1, 0.15) is 0 Å². The zero-order valence-electron chi connectivity index (χ0n) is 15.9. The Labute approximate surface area is 149 Å². The fourth-order valence-electron chi connectivity index (χ4n) is 4.85. The van der Waals surface area contributed by atoms with Crippen molar-refractivity contribution in [3.05, 3.63) is 35.9 Å². The lowest BCUT2D eigenvalue weighted by atomic mass is 9.69. The van der Waals surface area contributed by atoms with Gasteiger partial charge in [0.2, 0.25) is 0 Å². The fraction of sp³-hybridized carbons (Fsp3) is 0.727. The number of hydrogen-bond donors (Lipinski definition) is 1. The topological polar surface area (TPSA) is 15.3 Å². The molecule has 2 aliphatic rings. The summed E-state index contributed by atoms with van der Waals surface area (Å²) in [7, 11) is 0. The van der Waals surface area contributed by atoms with Crippen LogP contribution in [0.1, 0.15) is 64.9 Å². The van der Waals surface area contributed by atoms with Crippen LogP contribution < -0.4 is 5.32 Å². The number of nitrogens with zero attached hydrogens (tertiary/aromatic N) is 1. The first-order valence-corrected chi connectivity index (χ1v) is 10.0. The molecule has 1 saturated heterocycles. The third-order valence-electron chi connectivity index (χ3n) is 6.08. The Morgan fingerprint density at radius 3 is 2.50 bits per heavy atom. The smallest absolute Gasteiger partial charge is 0.0234 e. The van der Waals surface area contributed by atoms with E-state index >= 15 is 0 Å². The van der Waals surface area contributed by atoms with Gasteiger partial charge in [-0.25, -0.2) is 0 Å². The molecule has 0 radical (unpaired) electrons. The first-order chi connectivity index (χ1) is 11.5. The normalized spacial score (nSPS) is 29.5. The Hall–Kier alpha value is -0.860. The van der Waals surface area contributed by atoms with Crippen LogP contribution in [-0.4, -0.2) is 30.1 Å². The lowest BCUT2D eigenvalue weighted by molar-refractivity contribution is 0.102. The van der Waals surface area contributed by atoms with Gasteiger partial charge in [-0.1, -0.05) is 63.9 Å². The van der Waals surface area contributed by atoms with Gasteiger partial charge in [-0.2, -0.15) is 0 Å². The fourth-order valence-corrected chi connectivity index (χ4v) is 4.85. The Kier molecular flexibility index (Phi) is 5.99. The van der Waals surface area contributed by atoms with Crippen molar-refractivity contribution in [1.82, 2.24) is 10.2 Å². The maximum atomic E-state index is 4.09. The number of nitrogens with one attached hydrogen (secondary N) is 1. The summed E-state index contributed by atoms with van der Waals surface area (Å²) in [5.41, 5.74) is 1.87. The predicted molar refractivity (Wildman–Crippen MR) is 103 cm³/mol. The van der Waals surface area contributed by atoms with Gasteiger partial charge in [0.05, 0.1) is 0 Å². The minimum atomic E-state index is 0.427. The average Bonchev–Trinajstić information content (AvgIpc) is 2.56. The van der Waals surface area contributed by atoms with E-state index in [1.54, 1.807) is 0 Å². The molecular formula is C22H36N2. The zero-order valence-corrected chi connectivity index (χ0v) is 15.9. The summed E-state index contributed by atoms with van der Waals surface area (Å²) < 4.78 is 0. The van der Waals surface area contributed by atoms with Crippen molar-refractivity contribution >= 4 is 0 Å². The molecule has 2 fully saturated rings. The van der Waals surface area contributed by atoms with E-state index < -0.39 is 0 Å². The molecule has 1 N–H and O–H groups in total. The monoisotopic (exact) mass is 328 g/mol. The maximum Gasteiger partial charge on any atom is 0.0234 e. The molecule has 1 aromatic rings.